The third-order valence-corrected chi connectivity index (χ3v) is 3.58. The number of hydrogen-bond donors (Lipinski definition) is 3. The Morgan fingerprint density at radius 2 is 1.73 bits per heavy atom. The molecule has 2 aromatic rings. The van der Waals surface area contributed by atoms with Gasteiger partial charge in [-0.1, -0.05) is 42.5 Å². The first kappa shape index (κ1) is 16.0. The number of fused-ring (bicyclic) bond motifs is 1. The minimum absolute atomic E-state index is 0.000335. The van der Waals surface area contributed by atoms with Crippen molar-refractivity contribution in [2.45, 2.75) is 13.0 Å². The second kappa shape index (κ2) is 7.56. The van der Waals surface area contributed by atoms with Gasteiger partial charge in [-0.15, -0.1) is 0 Å². The lowest BCUT2D eigenvalue weighted by molar-refractivity contribution is -0.125. The Balaban J connectivity index is 1.95. The molecule has 3 N–H and O–H groups in total. The zero-order valence-electron chi connectivity index (χ0n) is 12.8. The van der Waals surface area contributed by atoms with E-state index in [1.807, 2.05) is 25.1 Å². The van der Waals surface area contributed by atoms with E-state index in [0.29, 0.717) is 0 Å². The molecule has 116 valence electrons. The summed E-state index contributed by atoms with van der Waals surface area (Å²) in [4.78, 5) is 22.8. The molecule has 0 spiro atoms. The molecule has 5 nitrogen and oxygen atoms in total. The molecule has 2 rings (SSSR count). The van der Waals surface area contributed by atoms with Gasteiger partial charge in [0.25, 0.3) is 0 Å². The van der Waals surface area contributed by atoms with E-state index in [9.17, 15) is 9.59 Å². The lowest BCUT2D eigenvalue weighted by Crippen LogP contribution is -2.40. The van der Waals surface area contributed by atoms with E-state index in [1.165, 1.54) is 17.8 Å². The van der Waals surface area contributed by atoms with Gasteiger partial charge in [-0.2, -0.15) is 0 Å². The molecule has 0 aromatic heterocycles. The number of amides is 2. The molecule has 0 fully saturated rings. The fourth-order valence-electron chi connectivity index (χ4n) is 2.31. The molecule has 5 heteroatoms. The Hall–Kier alpha value is -2.40. The van der Waals surface area contributed by atoms with Gasteiger partial charge in [-0.05, 0) is 23.3 Å². The monoisotopic (exact) mass is 299 g/mol. The van der Waals surface area contributed by atoms with Crippen LogP contribution in [0.4, 0.5) is 0 Å². The summed E-state index contributed by atoms with van der Waals surface area (Å²) in [6.45, 7) is 2.19. The fraction of sp³-hybridized carbons (Fsp3) is 0.294. The van der Waals surface area contributed by atoms with Crippen molar-refractivity contribution < 1.29 is 9.59 Å². The maximum Gasteiger partial charge on any atom is 0.239 e. The summed E-state index contributed by atoms with van der Waals surface area (Å²) in [5, 5.41) is 10.6. The molecular formula is C17H21N3O2. The van der Waals surface area contributed by atoms with Gasteiger partial charge >= 0.3 is 0 Å². The Kier molecular flexibility index (Phi) is 5.49. The maximum absolute atomic E-state index is 11.7. The van der Waals surface area contributed by atoms with Gasteiger partial charge in [0.05, 0.1) is 13.1 Å². The van der Waals surface area contributed by atoms with Crippen LogP contribution in [0.15, 0.2) is 42.5 Å². The quantitative estimate of drug-likeness (QED) is 0.754. The van der Waals surface area contributed by atoms with Crippen molar-refractivity contribution in [3.63, 3.8) is 0 Å². The Labute approximate surface area is 130 Å². The highest BCUT2D eigenvalue weighted by atomic mass is 16.2. The van der Waals surface area contributed by atoms with Gasteiger partial charge in [-0.25, -0.2) is 0 Å². The highest BCUT2D eigenvalue weighted by Gasteiger charge is 2.11. The van der Waals surface area contributed by atoms with Gasteiger partial charge < -0.3 is 16.0 Å². The molecule has 0 heterocycles. The minimum atomic E-state index is -0.213. The molecule has 0 saturated heterocycles. The Morgan fingerprint density at radius 1 is 1.00 bits per heavy atom. The smallest absolute Gasteiger partial charge is 0.239 e. The summed E-state index contributed by atoms with van der Waals surface area (Å²) in [7, 11) is 1.54. The van der Waals surface area contributed by atoms with Crippen molar-refractivity contribution in [2.24, 2.45) is 0 Å². The Bertz CT molecular complexity index is 665. The van der Waals surface area contributed by atoms with Crippen LogP contribution in [0, 0.1) is 0 Å². The van der Waals surface area contributed by atoms with E-state index in [1.54, 1.807) is 0 Å². The average Bonchev–Trinajstić information content (AvgIpc) is 2.56. The highest BCUT2D eigenvalue weighted by molar-refractivity contribution is 5.87. The number of likely N-dealkylation sites (N-methyl/N-ethyl adjacent to an activating group) is 1. The second-order valence-electron chi connectivity index (χ2n) is 5.12. The third-order valence-electron chi connectivity index (χ3n) is 3.58. The summed E-state index contributed by atoms with van der Waals surface area (Å²) in [6, 6.07) is 14.4. The summed E-state index contributed by atoms with van der Waals surface area (Å²) in [5.41, 5.74) is 1.15. The van der Waals surface area contributed by atoms with Crippen LogP contribution in [0.25, 0.3) is 10.8 Å². The Morgan fingerprint density at radius 3 is 2.50 bits per heavy atom. The predicted molar refractivity (Wildman–Crippen MR) is 87.4 cm³/mol. The first-order chi connectivity index (χ1) is 10.6. The molecule has 0 aliphatic rings. The zero-order chi connectivity index (χ0) is 15.9. The van der Waals surface area contributed by atoms with Crippen LogP contribution in [0.5, 0.6) is 0 Å². The lowest BCUT2D eigenvalue weighted by atomic mass is 10.00. The van der Waals surface area contributed by atoms with Gasteiger partial charge in [-0.3, -0.25) is 9.59 Å². The van der Waals surface area contributed by atoms with Gasteiger partial charge in [0.1, 0.15) is 0 Å². The highest BCUT2D eigenvalue weighted by Crippen LogP contribution is 2.23. The van der Waals surface area contributed by atoms with Gasteiger partial charge in [0.15, 0.2) is 0 Å². The molecule has 0 bridgehead atoms. The molecule has 0 aliphatic heterocycles. The molecule has 0 saturated carbocycles. The number of rotatable bonds is 6. The van der Waals surface area contributed by atoms with E-state index in [4.69, 9.17) is 0 Å². The molecule has 22 heavy (non-hydrogen) atoms. The van der Waals surface area contributed by atoms with Crippen LogP contribution < -0.4 is 16.0 Å². The molecular weight excluding hydrogens is 278 g/mol. The van der Waals surface area contributed by atoms with Crippen molar-refractivity contribution in [3.8, 4) is 0 Å². The number of carbonyl (C=O) groups is 2. The molecule has 2 aromatic carbocycles. The summed E-state index contributed by atoms with van der Waals surface area (Å²) in [6.07, 6.45) is 0. The van der Waals surface area contributed by atoms with E-state index in [2.05, 4.69) is 40.2 Å². The number of hydrogen-bond acceptors (Lipinski definition) is 3. The largest absolute Gasteiger partial charge is 0.358 e. The fourth-order valence-corrected chi connectivity index (χ4v) is 2.31. The summed E-state index contributed by atoms with van der Waals surface area (Å²) in [5.74, 6) is -0.411. The van der Waals surface area contributed by atoms with Gasteiger partial charge in [0.2, 0.25) is 11.8 Å². The minimum Gasteiger partial charge on any atom is -0.358 e. The third kappa shape index (κ3) is 4.05. The van der Waals surface area contributed by atoms with Crippen LogP contribution in [-0.2, 0) is 9.59 Å². The first-order valence-corrected chi connectivity index (χ1v) is 7.30. The van der Waals surface area contributed by atoms with Gasteiger partial charge in [0, 0.05) is 13.1 Å². The number of nitrogens with one attached hydrogen (secondary N) is 3. The molecule has 0 aliphatic carbocycles. The zero-order valence-corrected chi connectivity index (χ0v) is 12.8. The van der Waals surface area contributed by atoms with Crippen molar-refractivity contribution in [2.75, 3.05) is 20.1 Å². The maximum atomic E-state index is 11.7. The topological polar surface area (TPSA) is 70.2 Å². The van der Waals surface area contributed by atoms with E-state index >= 15 is 0 Å². The lowest BCUT2D eigenvalue weighted by Gasteiger charge is -2.16. The molecule has 0 unspecified atom stereocenters. The standard InChI is InChI=1S/C17H21N3O2/c1-12(19-11-17(22)20-10-16(21)18-2)14-9-5-7-13-6-3-4-8-15(13)14/h3-9,12,19H,10-11H2,1-2H3,(H,18,21)(H,20,22)/t12-/m0/s1. The van der Waals surface area contributed by atoms with E-state index in [-0.39, 0.29) is 30.9 Å². The van der Waals surface area contributed by atoms with Crippen LogP contribution in [0.1, 0.15) is 18.5 Å². The normalized spacial score (nSPS) is 11.9. The first-order valence-electron chi connectivity index (χ1n) is 7.30. The molecule has 1 atom stereocenters. The average molecular weight is 299 g/mol. The van der Waals surface area contributed by atoms with Crippen molar-refractivity contribution in [3.05, 3.63) is 48.0 Å². The van der Waals surface area contributed by atoms with Crippen LogP contribution in [-0.4, -0.2) is 32.0 Å². The number of benzene rings is 2. The molecule has 2 amide bonds. The second-order valence-corrected chi connectivity index (χ2v) is 5.12. The van der Waals surface area contributed by atoms with Crippen LogP contribution in [0.2, 0.25) is 0 Å². The van der Waals surface area contributed by atoms with Crippen molar-refractivity contribution in [1.29, 1.82) is 0 Å². The van der Waals surface area contributed by atoms with Crippen molar-refractivity contribution >= 4 is 22.6 Å². The molecule has 0 radical (unpaired) electrons. The van der Waals surface area contributed by atoms with Crippen LogP contribution >= 0.6 is 0 Å². The van der Waals surface area contributed by atoms with E-state index in [0.717, 1.165) is 5.56 Å². The van der Waals surface area contributed by atoms with Crippen molar-refractivity contribution in [1.82, 2.24) is 16.0 Å². The SMILES string of the molecule is CNC(=O)CNC(=O)CN[C@@H](C)c1cccc2ccccc12. The van der Waals surface area contributed by atoms with E-state index < -0.39 is 0 Å². The number of carbonyl (C=O) groups excluding carboxylic acids is 2. The van der Waals surface area contributed by atoms with Crippen LogP contribution in [0.3, 0.4) is 0 Å². The summed E-state index contributed by atoms with van der Waals surface area (Å²) < 4.78 is 0. The summed E-state index contributed by atoms with van der Waals surface area (Å²) >= 11 is 0. The predicted octanol–water partition coefficient (Wildman–Crippen LogP) is 1.35.